The molecule has 0 bridgehead atoms. The van der Waals surface area contributed by atoms with E-state index in [4.69, 9.17) is 15.2 Å². The molecule has 1 aliphatic rings. The Hall–Kier alpha value is -0.950. The molecule has 6 heteroatoms. The zero-order valence-corrected chi connectivity index (χ0v) is 11.9. The molecule has 2 N–H and O–H groups in total. The summed E-state index contributed by atoms with van der Waals surface area (Å²) in [7, 11) is 1.63. The van der Waals surface area contributed by atoms with Gasteiger partial charge in [-0.25, -0.2) is 0 Å². The minimum absolute atomic E-state index is 0.0459. The van der Waals surface area contributed by atoms with E-state index in [-0.39, 0.29) is 5.91 Å². The van der Waals surface area contributed by atoms with Gasteiger partial charge in [-0.1, -0.05) is 6.07 Å². The number of carbonyl (C=O) groups is 1. The second-order valence-corrected chi connectivity index (χ2v) is 5.79. The van der Waals surface area contributed by atoms with Gasteiger partial charge >= 0.3 is 0 Å². The maximum Gasteiger partial charge on any atom is 0.245 e. The van der Waals surface area contributed by atoms with E-state index < -0.39 is 5.54 Å². The second kappa shape index (κ2) is 6.47. The monoisotopic (exact) mass is 284 g/mol. The Morgan fingerprint density at radius 1 is 1.68 bits per heavy atom. The Kier molecular flexibility index (Phi) is 4.93. The second-order valence-electron chi connectivity index (χ2n) is 4.76. The molecule has 1 unspecified atom stereocenters. The van der Waals surface area contributed by atoms with Crippen molar-refractivity contribution in [3.63, 3.8) is 0 Å². The van der Waals surface area contributed by atoms with Gasteiger partial charge in [0, 0.05) is 25.1 Å². The molecule has 0 saturated carbocycles. The van der Waals surface area contributed by atoms with Crippen LogP contribution in [0, 0.1) is 0 Å². The fourth-order valence-electron chi connectivity index (χ4n) is 2.11. The average molecular weight is 284 g/mol. The van der Waals surface area contributed by atoms with E-state index in [0.717, 1.165) is 4.88 Å². The van der Waals surface area contributed by atoms with Gasteiger partial charge in [-0.3, -0.25) is 4.79 Å². The molecule has 1 aromatic rings. The molecule has 0 radical (unpaired) electrons. The molecule has 2 rings (SSSR count). The Bertz CT molecular complexity index is 402. The van der Waals surface area contributed by atoms with Gasteiger partial charge in [-0.2, -0.15) is 0 Å². The molecule has 0 aliphatic carbocycles. The summed E-state index contributed by atoms with van der Waals surface area (Å²) in [6.45, 7) is 2.50. The van der Waals surface area contributed by atoms with E-state index in [1.54, 1.807) is 23.3 Å². The zero-order valence-electron chi connectivity index (χ0n) is 11.1. The van der Waals surface area contributed by atoms with E-state index in [2.05, 4.69) is 0 Å². The lowest BCUT2D eigenvalue weighted by atomic mass is 9.98. The zero-order chi connectivity index (χ0) is 13.7. The number of ether oxygens (including phenoxy) is 2. The predicted molar refractivity (Wildman–Crippen MR) is 74.0 cm³/mol. The number of methoxy groups -OCH3 is 1. The topological polar surface area (TPSA) is 64.8 Å². The number of thiophene rings is 1. The summed E-state index contributed by atoms with van der Waals surface area (Å²) in [5.41, 5.74) is 5.28. The summed E-state index contributed by atoms with van der Waals surface area (Å²) < 4.78 is 10.3. The summed E-state index contributed by atoms with van der Waals surface area (Å²) in [6.07, 6.45) is 0.583. The van der Waals surface area contributed by atoms with Crippen molar-refractivity contribution in [1.82, 2.24) is 4.90 Å². The first-order chi connectivity index (χ1) is 9.15. The van der Waals surface area contributed by atoms with Crippen LogP contribution in [0.3, 0.4) is 0 Å². The molecule has 2 heterocycles. The fraction of sp³-hybridized carbons (Fsp3) is 0.615. The van der Waals surface area contributed by atoms with Gasteiger partial charge in [0.05, 0.1) is 19.8 Å². The quantitative estimate of drug-likeness (QED) is 0.841. The molecule has 1 saturated heterocycles. The summed E-state index contributed by atoms with van der Waals surface area (Å²) in [4.78, 5) is 15.5. The third-order valence-corrected chi connectivity index (χ3v) is 4.12. The molecule has 106 valence electrons. The Morgan fingerprint density at radius 3 is 3.11 bits per heavy atom. The lowest BCUT2D eigenvalue weighted by molar-refractivity contribution is -0.138. The first-order valence-corrected chi connectivity index (χ1v) is 7.21. The highest BCUT2D eigenvalue weighted by molar-refractivity contribution is 7.09. The van der Waals surface area contributed by atoms with Gasteiger partial charge < -0.3 is 20.1 Å². The number of nitrogens with two attached hydrogens (primary N) is 1. The molecule has 1 fully saturated rings. The number of nitrogens with zero attached hydrogens (tertiary/aromatic N) is 1. The fourth-order valence-corrected chi connectivity index (χ4v) is 2.83. The number of hydrogen-bond acceptors (Lipinski definition) is 5. The first kappa shape index (κ1) is 14.5. The molecular formula is C13H20N2O3S. The predicted octanol–water partition coefficient (Wildman–Crippen LogP) is 0.841. The number of rotatable bonds is 6. The van der Waals surface area contributed by atoms with Crippen LogP contribution in [0.5, 0.6) is 0 Å². The van der Waals surface area contributed by atoms with Gasteiger partial charge in [0.1, 0.15) is 5.54 Å². The summed E-state index contributed by atoms with van der Waals surface area (Å²) in [5, 5.41) is 2.01. The largest absolute Gasteiger partial charge is 0.383 e. The molecule has 1 aromatic heterocycles. The lowest BCUT2D eigenvalue weighted by Crippen LogP contribution is -2.56. The average Bonchev–Trinajstić information content (AvgIpc) is 3.06. The normalized spacial score (nSPS) is 22.6. The van der Waals surface area contributed by atoms with Crippen LogP contribution in [0.1, 0.15) is 11.3 Å². The molecule has 0 aromatic carbocycles. The van der Waals surface area contributed by atoms with Crippen LogP contribution in [0.25, 0.3) is 0 Å². The lowest BCUT2D eigenvalue weighted by Gasteiger charge is -2.30. The van der Waals surface area contributed by atoms with Crippen LogP contribution in [0.4, 0.5) is 0 Å². The van der Waals surface area contributed by atoms with Crippen molar-refractivity contribution < 1.29 is 14.3 Å². The third kappa shape index (κ3) is 3.54. The maximum absolute atomic E-state index is 12.6. The van der Waals surface area contributed by atoms with Gasteiger partial charge in [-0.05, 0) is 17.9 Å². The highest BCUT2D eigenvalue weighted by atomic mass is 32.1. The van der Waals surface area contributed by atoms with Crippen molar-refractivity contribution in [2.24, 2.45) is 5.73 Å². The molecule has 19 heavy (non-hydrogen) atoms. The van der Waals surface area contributed by atoms with Crippen molar-refractivity contribution >= 4 is 17.2 Å². The molecule has 1 aliphatic heterocycles. The van der Waals surface area contributed by atoms with Gasteiger partial charge in [0.25, 0.3) is 0 Å². The van der Waals surface area contributed by atoms with Crippen LogP contribution in [0.2, 0.25) is 0 Å². The SMILES string of the molecule is COCCN(Cc1cccs1)C(=O)C1(N)CCOC1. The van der Waals surface area contributed by atoms with E-state index in [0.29, 0.717) is 39.3 Å². The molecular weight excluding hydrogens is 264 g/mol. The molecule has 5 nitrogen and oxygen atoms in total. The molecule has 1 amide bonds. The van der Waals surface area contributed by atoms with Gasteiger partial charge in [0.15, 0.2) is 0 Å². The van der Waals surface area contributed by atoms with E-state index >= 15 is 0 Å². The van der Waals surface area contributed by atoms with Crippen molar-refractivity contribution in [1.29, 1.82) is 0 Å². The van der Waals surface area contributed by atoms with Crippen LogP contribution < -0.4 is 5.73 Å². The standard InChI is InChI=1S/C13H20N2O3S/c1-17-7-5-15(9-11-3-2-8-19-11)12(16)13(14)4-6-18-10-13/h2-3,8H,4-7,9-10,14H2,1H3. The summed E-state index contributed by atoms with van der Waals surface area (Å²) >= 11 is 1.64. The van der Waals surface area contributed by atoms with Crippen LogP contribution in [-0.2, 0) is 20.8 Å². The maximum atomic E-state index is 12.6. The van der Waals surface area contributed by atoms with Crippen LogP contribution in [0.15, 0.2) is 17.5 Å². The minimum atomic E-state index is -0.870. The van der Waals surface area contributed by atoms with Crippen molar-refractivity contribution in [2.75, 3.05) is 33.5 Å². The molecule has 1 atom stereocenters. The van der Waals surface area contributed by atoms with Crippen LogP contribution in [-0.4, -0.2) is 49.8 Å². The Morgan fingerprint density at radius 2 is 2.53 bits per heavy atom. The number of carbonyl (C=O) groups excluding carboxylic acids is 1. The van der Waals surface area contributed by atoms with E-state index in [9.17, 15) is 4.79 Å². The number of hydrogen-bond donors (Lipinski definition) is 1. The van der Waals surface area contributed by atoms with Crippen molar-refractivity contribution in [2.45, 2.75) is 18.5 Å². The van der Waals surface area contributed by atoms with Crippen molar-refractivity contribution in [3.8, 4) is 0 Å². The smallest absolute Gasteiger partial charge is 0.245 e. The Labute approximate surface area is 117 Å². The van der Waals surface area contributed by atoms with E-state index in [1.165, 1.54) is 0 Å². The van der Waals surface area contributed by atoms with Crippen LogP contribution >= 0.6 is 11.3 Å². The van der Waals surface area contributed by atoms with Gasteiger partial charge in [0.2, 0.25) is 5.91 Å². The van der Waals surface area contributed by atoms with E-state index in [1.807, 2.05) is 17.5 Å². The van der Waals surface area contributed by atoms with Gasteiger partial charge in [-0.15, -0.1) is 11.3 Å². The highest BCUT2D eigenvalue weighted by Crippen LogP contribution is 2.21. The Balaban J connectivity index is 2.05. The third-order valence-electron chi connectivity index (χ3n) is 3.26. The van der Waals surface area contributed by atoms with Crippen molar-refractivity contribution in [3.05, 3.63) is 22.4 Å². The first-order valence-electron chi connectivity index (χ1n) is 6.33. The summed E-state index contributed by atoms with van der Waals surface area (Å²) in [5.74, 6) is -0.0459. The highest BCUT2D eigenvalue weighted by Gasteiger charge is 2.41. The number of amides is 1. The molecule has 0 spiro atoms. The summed E-state index contributed by atoms with van der Waals surface area (Å²) in [6, 6.07) is 4.00. The minimum Gasteiger partial charge on any atom is -0.383 e.